The van der Waals surface area contributed by atoms with Crippen LogP contribution in [0, 0.1) is 5.41 Å². The fourth-order valence-electron chi connectivity index (χ4n) is 2.13. The van der Waals surface area contributed by atoms with Crippen LogP contribution in [0.25, 0.3) is 0 Å². The number of hydrogen-bond donors (Lipinski definition) is 0. The van der Waals surface area contributed by atoms with Crippen molar-refractivity contribution in [1.82, 2.24) is 4.90 Å². The molecule has 1 amide bonds. The van der Waals surface area contributed by atoms with Gasteiger partial charge in [-0.3, -0.25) is 4.79 Å². The number of likely N-dealkylation sites (tertiary alicyclic amines) is 1. The minimum absolute atomic E-state index is 0.0833. The molecule has 80 valence electrons. The van der Waals surface area contributed by atoms with Crippen molar-refractivity contribution >= 4 is 12.7 Å². The maximum atomic E-state index is 11.0. The van der Waals surface area contributed by atoms with E-state index in [1.807, 2.05) is 13.8 Å². The van der Waals surface area contributed by atoms with Gasteiger partial charge in [-0.25, -0.2) is 0 Å². The van der Waals surface area contributed by atoms with Crippen LogP contribution in [0.4, 0.5) is 0 Å². The Hall–Kier alpha value is -0.860. The van der Waals surface area contributed by atoms with Gasteiger partial charge in [-0.05, 0) is 12.8 Å². The normalized spacial score (nSPS) is 24.1. The van der Waals surface area contributed by atoms with Crippen molar-refractivity contribution < 1.29 is 9.59 Å². The smallest absolute Gasteiger partial charge is 0.209 e. The quantitative estimate of drug-likeness (QED) is 0.645. The first-order valence-electron chi connectivity index (χ1n) is 5.29. The summed E-state index contributed by atoms with van der Waals surface area (Å²) >= 11 is 0. The van der Waals surface area contributed by atoms with Crippen LogP contribution < -0.4 is 0 Å². The van der Waals surface area contributed by atoms with Crippen LogP contribution in [-0.4, -0.2) is 30.2 Å². The summed E-state index contributed by atoms with van der Waals surface area (Å²) in [7, 11) is 0. The average molecular weight is 197 g/mol. The lowest BCUT2D eigenvalue weighted by Crippen LogP contribution is -2.45. The van der Waals surface area contributed by atoms with E-state index < -0.39 is 5.41 Å². The van der Waals surface area contributed by atoms with Crippen LogP contribution in [0.2, 0.25) is 0 Å². The molecule has 0 bridgehead atoms. The fourth-order valence-corrected chi connectivity index (χ4v) is 2.13. The molecule has 0 N–H and O–H groups in total. The number of amides is 1. The first-order chi connectivity index (χ1) is 6.61. The summed E-state index contributed by atoms with van der Waals surface area (Å²) in [5.41, 5.74) is -0.411. The lowest BCUT2D eigenvalue weighted by atomic mass is 9.83. The van der Waals surface area contributed by atoms with Gasteiger partial charge in [-0.2, -0.15) is 0 Å². The highest BCUT2D eigenvalue weighted by Crippen LogP contribution is 2.29. The number of aldehydes is 1. The van der Waals surface area contributed by atoms with Gasteiger partial charge in [0, 0.05) is 18.0 Å². The molecule has 0 aromatic carbocycles. The average Bonchev–Trinajstić information content (AvgIpc) is 2.42. The van der Waals surface area contributed by atoms with Crippen LogP contribution in [-0.2, 0) is 9.59 Å². The number of hydrogen-bond acceptors (Lipinski definition) is 2. The monoisotopic (exact) mass is 197 g/mol. The van der Waals surface area contributed by atoms with E-state index in [9.17, 15) is 9.59 Å². The van der Waals surface area contributed by atoms with E-state index in [0.717, 1.165) is 44.9 Å². The molecule has 1 aliphatic rings. The fraction of sp³-hybridized carbons (Fsp3) is 0.818. The topological polar surface area (TPSA) is 37.4 Å². The van der Waals surface area contributed by atoms with Crippen molar-refractivity contribution in [2.24, 2.45) is 5.41 Å². The van der Waals surface area contributed by atoms with Crippen LogP contribution in [0.3, 0.4) is 0 Å². The number of nitrogens with zero attached hydrogens (tertiary/aromatic N) is 1. The standard InChI is InChI=1S/C11H19NO2/c1-11(2,8-13)10-6-4-3-5-7-12(10)9-14/h8-10H,3-7H2,1-2H3. The second-order valence-electron chi connectivity index (χ2n) is 4.65. The Bertz CT molecular complexity index is 213. The third-order valence-corrected chi connectivity index (χ3v) is 3.09. The molecule has 0 aromatic heterocycles. The molecule has 0 aromatic rings. The predicted octanol–water partition coefficient (Wildman–Crippen LogP) is 1.61. The maximum absolute atomic E-state index is 11.0. The van der Waals surface area contributed by atoms with Crippen LogP contribution in [0.5, 0.6) is 0 Å². The van der Waals surface area contributed by atoms with Gasteiger partial charge in [0.1, 0.15) is 6.29 Å². The molecular weight excluding hydrogens is 178 g/mol. The summed E-state index contributed by atoms with van der Waals surface area (Å²) in [6, 6.07) is 0.0833. The minimum atomic E-state index is -0.411. The SMILES string of the molecule is CC(C)(C=O)C1CCCCCN1C=O. The van der Waals surface area contributed by atoms with Crippen LogP contribution in [0.1, 0.15) is 39.5 Å². The largest absolute Gasteiger partial charge is 0.341 e. The van der Waals surface area contributed by atoms with Gasteiger partial charge < -0.3 is 9.69 Å². The van der Waals surface area contributed by atoms with Crippen molar-refractivity contribution in [3.05, 3.63) is 0 Å². The van der Waals surface area contributed by atoms with Gasteiger partial charge in [-0.15, -0.1) is 0 Å². The van der Waals surface area contributed by atoms with Gasteiger partial charge in [0.05, 0.1) is 0 Å². The molecule has 0 radical (unpaired) electrons. The highest BCUT2D eigenvalue weighted by molar-refractivity contribution is 5.61. The van der Waals surface area contributed by atoms with Gasteiger partial charge in [0.25, 0.3) is 0 Å². The molecule has 3 heteroatoms. The highest BCUT2D eigenvalue weighted by atomic mass is 16.1. The Morgan fingerprint density at radius 1 is 1.21 bits per heavy atom. The molecule has 1 atom stereocenters. The van der Waals surface area contributed by atoms with Crippen molar-refractivity contribution in [1.29, 1.82) is 0 Å². The molecule has 1 fully saturated rings. The van der Waals surface area contributed by atoms with Crippen molar-refractivity contribution in [2.75, 3.05) is 6.54 Å². The van der Waals surface area contributed by atoms with E-state index in [0.29, 0.717) is 0 Å². The second-order valence-corrected chi connectivity index (χ2v) is 4.65. The predicted molar refractivity (Wildman–Crippen MR) is 54.9 cm³/mol. The van der Waals surface area contributed by atoms with Crippen molar-refractivity contribution in [2.45, 2.75) is 45.6 Å². The molecule has 1 saturated heterocycles. The summed E-state index contributed by atoms with van der Waals surface area (Å²) in [4.78, 5) is 23.6. The zero-order valence-corrected chi connectivity index (χ0v) is 9.03. The van der Waals surface area contributed by atoms with Gasteiger partial charge in [0.15, 0.2) is 0 Å². The molecule has 0 aliphatic carbocycles. The number of carbonyl (C=O) groups excluding carboxylic acids is 2. The Morgan fingerprint density at radius 3 is 2.50 bits per heavy atom. The van der Waals surface area contributed by atoms with Crippen molar-refractivity contribution in [3.63, 3.8) is 0 Å². The molecule has 1 aliphatic heterocycles. The minimum Gasteiger partial charge on any atom is -0.341 e. The zero-order chi connectivity index (χ0) is 10.6. The molecule has 3 nitrogen and oxygen atoms in total. The van der Waals surface area contributed by atoms with E-state index in [-0.39, 0.29) is 6.04 Å². The molecular formula is C11H19NO2. The van der Waals surface area contributed by atoms with Crippen LogP contribution in [0.15, 0.2) is 0 Å². The molecule has 1 unspecified atom stereocenters. The van der Waals surface area contributed by atoms with E-state index in [1.54, 1.807) is 4.90 Å². The Balaban J connectivity index is 2.79. The van der Waals surface area contributed by atoms with Gasteiger partial charge >= 0.3 is 0 Å². The lowest BCUT2D eigenvalue weighted by molar-refractivity contribution is -0.126. The number of carbonyl (C=O) groups is 2. The third-order valence-electron chi connectivity index (χ3n) is 3.09. The molecule has 1 rings (SSSR count). The Morgan fingerprint density at radius 2 is 1.93 bits per heavy atom. The molecule has 14 heavy (non-hydrogen) atoms. The first kappa shape index (κ1) is 11.2. The summed E-state index contributed by atoms with van der Waals surface area (Å²) in [5.74, 6) is 0. The summed E-state index contributed by atoms with van der Waals surface area (Å²) in [6.07, 6.45) is 6.15. The Labute approximate surface area is 85.5 Å². The molecule has 0 saturated carbocycles. The summed E-state index contributed by atoms with van der Waals surface area (Å²) < 4.78 is 0. The lowest BCUT2D eigenvalue weighted by Gasteiger charge is -2.35. The van der Waals surface area contributed by atoms with Gasteiger partial charge in [0.2, 0.25) is 6.41 Å². The zero-order valence-electron chi connectivity index (χ0n) is 9.03. The first-order valence-corrected chi connectivity index (χ1v) is 5.29. The second kappa shape index (κ2) is 4.58. The Kier molecular flexibility index (Phi) is 3.67. The van der Waals surface area contributed by atoms with Crippen molar-refractivity contribution in [3.8, 4) is 0 Å². The van der Waals surface area contributed by atoms with Gasteiger partial charge in [-0.1, -0.05) is 26.7 Å². The highest BCUT2D eigenvalue weighted by Gasteiger charge is 2.33. The maximum Gasteiger partial charge on any atom is 0.209 e. The van der Waals surface area contributed by atoms with Crippen LogP contribution >= 0.6 is 0 Å². The number of rotatable bonds is 3. The summed E-state index contributed by atoms with van der Waals surface area (Å²) in [6.45, 7) is 4.62. The van der Waals surface area contributed by atoms with E-state index in [2.05, 4.69) is 0 Å². The third kappa shape index (κ3) is 2.34. The molecule has 0 spiro atoms. The van der Waals surface area contributed by atoms with E-state index in [4.69, 9.17) is 0 Å². The molecule has 1 heterocycles. The van der Waals surface area contributed by atoms with E-state index >= 15 is 0 Å². The van der Waals surface area contributed by atoms with E-state index in [1.165, 1.54) is 0 Å². The summed E-state index contributed by atoms with van der Waals surface area (Å²) in [5, 5.41) is 0.